The molecule has 1 rings (SSSR count). The summed E-state index contributed by atoms with van der Waals surface area (Å²) in [4.78, 5) is 0. The Balaban J connectivity index is 3.93. The molecule has 0 N–H and O–H groups in total. The Bertz CT molecular complexity index is 465. The molecule has 1 aromatic heterocycles. The van der Waals surface area contributed by atoms with E-state index in [1.54, 1.807) is 0 Å². The van der Waals surface area contributed by atoms with Crippen LogP contribution >= 0.6 is 28.2 Å². The predicted molar refractivity (Wildman–Crippen MR) is 110 cm³/mol. The van der Waals surface area contributed by atoms with Crippen molar-refractivity contribution in [2.75, 3.05) is 0 Å². The lowest BCUT2D eigenvalue weighted by Gasteiger charge is -2.38. The van der Waals surface area contributed by atoms with Gasteiger partial charge in [0.2, 0.25) is 0 Å². The first-order valence-electron chi connectivity index (χ1n) is 8.01. The fourth-order valence-corrected chi connectivity index (χ4v) is 47.1. The van der Waals surface area contributed by atoms with Gasteiger partial charge < -0.3 is 0 Å². The van der Waals surface area contributed by atoms with Gasteiger partial charge in [0.05, 0.1) is 0 Å². The van der Waals surface area contributed by atoms with Gasteiger partial charge in [0.15, 0.2) is 0 Å². The molecule has 4 heteroatoms. The van der Waals surface area contributed by atoms with E-state index < -0.39 is 0 Å². The third-order valence-electron chi connectivity index (χ3n) is 3.38. The maximum absolute atomic E-state index is 2.93. The van der Waals surface area contributed by atoms with Gasteiger partial charge in [0, 0.05) is 10.3 Å². The average molecular weight is 365 g/mol. The molecule has 0 spiro atoms. The van der Waals surface area contributed by atoms with Crippen LogP contribution in [0.5, 0.6) is 0 Å². The maximum Gasteiger partial charge on any atom is 0.00494 e. The molecule has 0 aliphatic rings. The number of hydrogen-bond acceptors (Lipinski definition) is 0. The van der Waals surface area contributed by atoms with E-state index in [9.17, 15) is 0 Å². The Labute approximate surface area is 137 Å². The van der Waals surface area contributed by atoms with E-state index in [0.717, 1.165) is 0 Å². The summed E-state index contributed by atoms with van der Waals surface area (Å²) < 4.78 is 0. The highest BCUT2D eigenvalue weighted by Crippen LogP contribution is 2.89. The molecule has 4 atom stereocenters. The fraction of sp³-hybridized carbons (Fsp3) is 0.941. The molecule has 0 amide bonds. The molecule has 4 unspecified atom stereocenters. The van der Waals surface area contributed by atoms with Gasteiger partial charge in [-0.05, 0) is 10.3 Å². The lowest BCUT2D eigenvalue weighted by atomic mass is 10.3. The monoisotopic (exact) mass is 365 g/mol. The van der Waals surface area contributed by atoms with Crippen molar-refractivity contribution in [1.29, 1.82) is 0 Å². The summed E-state index contributed by atoms with van der Waals surface area (Å²) in [5.74, 6) is 0. The Kier molecular flexibility index (Phi) is 5.61. The second kappa shape index (κ2) is 5.86. The van der Waals surface area contributed by atoms with Crippen molar-refractivity contribution in [1.82, 2.24) is 0 Å². The van der Waals surface area contributed by atoms with Gasteiger partial charge in [-0.2, -0.15) is 0 Å². The second-order valence-electron chi connectivity index (χ2n) is 10.1. The molecule has 0 aliphatic carbocycles. The van der Waals surface area contributed by atoms with Crippen LogP contribution < -0.4 is 0 Å². The van der Waals surface area contributed by atoms with Crippen molar-refractivity contribution in [2.45, 2.75) is 104 Å². The molecule has 126 valence electrons. The van der Waals surface area contributed by atoms with E-state index in [1.807, 2.05) is 0 Å². The second-order valence-corrected chi connectivity index (χ2v) is 28.2. The summed E-state index contributed by atoms with van der Waals surface area (Å²) in [6.07, 6.45) is 0. The lowest BCUT2D eigenvalue weighted by molar-refractivity contribution is 0.705. The molecule has 21 heavy (non-hydrogen) atoms. The van der Waals surface area contributed by atoms with Crippen molar-refractivity contribution in [3.63, 3.8) is 0 Å². The SMILES string of the molecule is CC(C)(C)p1[cH-]p(C(C)(C)C)p(C(C)(C)C)p1C(C)(C)C. The van der Waals surface area contributed by atoms with E-state index in [4.69, 9.17) is 0 Å². The first kappa shape index (κ1) is 20.1. The fourth-order valence-electron chi connectivity index (χ4n) is 2.51. The van der Waals surface area contributed by atoms with Crippen LogP contribution in [0.15, 0.2) is 5.53 Å². The summed E-state index contributed by atoms with van der Waals surface area (Å²) in [6.45, 7) is 30.3. The minimum Gasteiger partial charge on any atom is -0.292 e. The van der Waals surface area contributed by atoms with Crippen LogP contribution in [0, 0.1) is 0 Å². The van der Waals surface area contributed by atoms with E-state index in [-0.39, 0.29) is 28.2 Å². The highest BCUT2D eigenvalue weighted by atomic mass is 32.4. The quantitative estimate of drug-likeness (QED) is 0.402. The van der Waals surface area contributed by atoms with Crippen LogP contribution in [0.1, 0.15) is 83.1 Å². The van der Waals surface area contributed by atoms with Crippen molar-refractivity contribution in [3.05, 3.63) is 5.53 Å². The van der Waals surface area contributed by atoms with Crippen LogP contribution in [0.3, 0.4) is 0 Å². The van der Waals surface area contributed by atoms with Gasteiger partial charge in [-0.3, -0.25) is 20.0 Å². The Morgan fingerprint density at radius 1 is 0.429 bits per heavy atom. The van der Waals surface area contributed by atoms with Gasteiger partial charge in [-0.25, -0.2) is 0 Å². The van der Waals surface area contributed by atoms with E-state index >= 15 is 0 Å². The summed E-state index contributed by atoms with van der Waals surface area (Å²) >= 11 is 0. The minimum atomic E-state index is 0.0526. The normalized spacial score (nSPS) is 18.1. The highest BCUT2D eigenvalue weighted by molar-refractivity contribution is 8.51. The molecular weight excluding hydrogens is 328 g/mol. The standard InChI is InChI=1S/C17H37P4/c1-14(2,3)18-13-19(15(4,5)6)21(17(10,11)12)20(18)16(7,8)9/h13H,1-12H3/q-1. The molecule has 0 saturated carbocycles. The van der Waals surface area contributed by atoms with Gasteiger partial charge in [0.25, 0.3) is 0 Å². The molecule has 0 bridgehead atoms. The zero-order valence-corrected chi connectivity index (χ0v) is 19.9. The van der Waals surface area contributed by atoms with Crippen LogP contribution in [-0.2, 0) is 20.6 Å². The van der Waals surface area contributed by atoms with E-state index in [2.05, 4.69) is 88.6 Å². The average Bonchev–Trinajstić information content (AvgIpc) is 2.52. The zero-order valence-electron chi connectivity index (χ0n) is 16.4. The van der Waals surface area contributed by atoms with E-state index in [0.29, 0.717) is 20.6 Å². The zero-order chi connectivity index (χ0) is 17.0. The van der Waals surface area contributed by atoms with Crippen molar-refractivity contribution in [2.24, 2.45) is 0 Å². The van der Waals surface area contributed by atoms with Gasteiger partial charge in [-0.15, -0.1) is 13.8 Å². The maximum atomic E-state index is 2.93. The van der Waals surface area contributed by atoms with Gasteiger partial charge >= 0.3 is 0 Å². The molecule has 0 aromatic carbocycles. The van der Waals surface area contributed by atoms with Crippen LogP contribution in [0.2, 0.25) is 0 Å². The first-order valence-corrected chi connectivity index (χ1v) is 15.6. The highest BCUT2D eigenvalue weighted by Gasteiger charge is 2.31. The first-order chi connectivity index (χ1) is 8.97. The summed E-state index contributed by atoms with van der Waals surface area (Å²) in [5, 5.41) is 1.93. The molecule has 0 radical (unpaired) electrons. The van der Waals surface area contributed by atoms with Crippen molar-refractivity contribution in [3.8, 4) is 0 Å². The van der Waals surface area contributed by atoms with Crippen LogP contribution in [0.4, 0.5) is 0 Å². The van der Waals surface area contributed by atoms with Crippen molar-refractivity contribution >= 4 is 28.2 Å². The third-order valence-corrected chi connectivity index (χ3v) is 35.6. The molecule has 0 saturated heterocycles. The largest absolute Gasteiger partial charge is 0.292 e. The topological polar surface area (TPSA) is 0 Å². The molecule has 1 aromatic rings. The molecule has 0 aliphatic heterocycles. The molecular formula is C17H37P4-. The lowest BCUT2D eigenvalue weighted by Crippen LogP contribution is -2.07. The number of rotatable bonds is 0. The van der Waals surface area contributed by atoms with Crippen LogP contribution in [0.25, 0.3) is 0 Å². The summed E-state index contributed by atoms with van der Waals surface area (Å²) in [5.41, 5.74) is 2.93. The smallest absolute Gasteiger partial charge is 0.00494 e. The number of hydrogen-bond donors (Lipinski definition) is 0. The predicted octanol–water partition coefficient (Wildman–Crippen LogP) is 9.50. The van der Waals surface area contributed by atoms with Gasteiger partial charge in [-0.1, -0.05) is 83.1 Å². The van der Waals surface area contributed by atoms with Crippen LogP contribution in [-0.4, -0.2) is 0 Å². The van der Waals surface area contributed by atoms with E-state index in [1.165, 1.54) is 0 Å². The van der Waals surface area contributed by atoms with Gasteiger partial charge in [0.1, 0.15) is 0 Å². The minimum absolute atomic E-state index is 0.0526. The molecule has 1 heterocycles. The Hall–Kier alpha value is 1.07. The molecule has 0 fully saturated rings. The van der Waals surface area contributed by atoms with Crippen molar-refractivity contribution < 1.29 is 0 Å². The summed E-state index contributed by atoms with van der Waals surface area (Å²) in [7, 11) is 0.105. The third kappa shape index (κ3) is 4.54. The Morgan fingerprint density at radius 2 is 0.667 bits per heavy atom. The molecule has 0 nitrogen and oxygen atoms in total. The summed E-state index contributed by atoms with van der Waals surface area (Å²) in [6, 6.07) is 0. The Morgan fingerprint density at radius 3 is 0.810 bits per heavy atom.